The Morgan fingerprint density at radius 2 is 0.700 bits per heavy atom. The lowest BCUT2D eigenvalue weighted by Gasteiger charge is -2.26. The van der Waals surface area contributed by atoms with E-state index in [0.29, 0.717) is 0 Å². The number of nitrogens with zero attached hydrogens (tertiary/aromatic N) is 1. The fourth-order valence-corrected chi connectivity index (χ4v) is 9.39. The molecule has 1 heterocycles. The lowest BCUT2D eigenvalue weighted by Crippen LogP contribution is -2.10. The molecule has 12 aromatic rings. The van der Waals surface area contributed by atoms with Gasteiger partial charge in [-0.1, -0.05) is 182 Å². The number of para-hydroxylation sites is 1. The fraction of sp³-hybridized carbons (Fsp3) is 0. The first-order chi connectivity index (χ1) is 29.7. The van der Waals surface area contributed by atoms with Crippen LogP contribution in [0.25, 0.3) is 98.4 Å². The van der Waals surface area contributed by atoms with E-state index in [1.165, 1.54) is 76.5 Å². The van der Waals surface area contributed by atoms with Crippen LogP contribution in [0.4, 0.5) is 17.1 Å². The molecule has 2 nitrogen and oxygen atoms in total. The first kappa shape index (κ1) is 34.1. The van der Waals surface area contributed by atoms with E-state index in [0.717, 1.165) is 39.0 Å². The molecule has 12 rings (SSSR count). The predicted molar refractivity (Wildman–Crippen MR) is 255 cm³/mol. The van der Waals surface area contributed by atoms with Crippen molar-refractivity contribution in [1.82, 2.24) is 0 Å². The highest BCUT2D eigenvalue weighted by atomic mass is 16.3. The predicted octanol–water partition coefficient (Wildman–Crippen LogP) is 16.7. The maximum atomic E-state index is 6.40. The van der Waals surface area contributed by atoms with E-state index >= 15 is 0 Å². The maximum Gasteiger partial charge on any atom is 0.137 e. The molecule has 0 atom stereocenters. The van der Waals surface area contributed by atoms with Gasteiger partial charge < -0.3 is 9.32 Å². The minimum Gasteiger partial charge on any atom is -0.456 e. The molecular weight excluding hydrogens is 727 g/mol. The first-order valence-electron chi connectivity index (χ1n) is 20.6. The van der Waals surface area contributed by atoms with E-state index in [1.807, 2.05) is 12.1 Å². The van der Waals surface area contributed by atoms with E-state index in [9.17, 15) is 0 Å². The van der Waals surface area contributed by atoms with Crippen LogP contribution in [0.2, 0.25) is 0 Å². The summed E-state index contributed by atoms with van der Waals surface area (Å²) in [5.74, 6) is 0. The molecule has 0 aliphatic heterocycles. The summed E-state index contributed by atoms with van der Waals surface area (Å²) in [4.78, 5) is 2.36. The Hall–Kier alpha value is -7.94. The molecule has 280 valence electrons. The maximum absolute atomic E-state index is 6.40. The monoisotopic (exact) mass is 763 g/mol. The number of hydrogen-bond acceptors (Lipinski definition) is 2. The van der Waals surface area contributed by atoms with Crippen molar-refractivity contribution >= 4 is 82.1 Å². The van der Waals surface area contributed by atoms with Gasteiger partial charge in [0.2, 0.25) is 0 Å². The third kappa shape index (κ3) is 5.57. The van der Waals surface area contributed by atoms with Crippen molar-refractivity contribution in [2.45, 2.75) is 0 Å². The van der Waals surface area contributed by atoms with Crippen LogP contribution >= 0.6 is 0 Å². The van der Waals surface area contributed by atoms with Gasteiger partial charge in [0, 0.05) is 16.8 Å². The van der Waals surface area contributed by atoms with Crippen molar-refractivity contribution in [1.29, 1.82) is 0 Å². The molecule has 0 radical (unpaired) electrons. The number of benzene rings is 11. The topological polar surface area (TPSA) is 16.4 Å². The van der Waals surface area contributed by atoms with Gasteiger partial charge in [0.15, 0.2) is 0 Å². The Morgan fingerprint density at radius 3 is 1.28 bits per heavy atom. The van der Waals surface area contributed by atoms with Crippen LogP contribution in [0.15, 0.2) is 229 Å². The molecule has 0 aliphatic rings. The summed E-state index contributed by atoms with van der Waals surface area (Å²) in [6, 6.07) is 81.2. The number of hydrogen-bond donors (Lipinski definition) is 0. The van der Waals surface area contributed by atoms with Gasteiger partial charge in [-0.25, -0.2) is 0 Å². The summed E-state index contributed by atoms with van der Waals surface area (Å²) >= 11 is 0. The van der Waals surface area contributed by atoms with Gasteiger partial charge in [-0.3, -0.25) is 0 Å². The summed E-state index contributed by atoms with van der Waals surface area (Å²) in [5.41, 5.74) is 12.2. The second-order valence-corrected chi connectivity index (χ2v) is 15.6. The quantitative estimate of drug-likeness (QED) is 0.157. The van der Waals surface area contributed by atoms with Gasteiger partial charge >= 0.3 is 0 Å². The Balaban J connectivity index is 0.933. The molecule has 0 saturated heterocycles. The van der Waals surface area contributed by atoms with Gasteiger partial charge in [0.05, 0.1) is 11.1 Å². The van der Waals surface area contributed by atoms with Crippen LogP contribution < -0.4 is 4.90 Å². The average molecular weight is 764 g/mol. The standard InChI is InChI=1S/C58H37NO/c1-3-12-46-40(10-1)30-36-52-48(15-7-17-50(46)52)42-24-22-38(23-25-42)39-26-32-44(33-27-39)59(55-19-9-21-57-58(55)54-14-5-6-20-56(54)60-57)45-34-28-43(29-35-45)49-16-8-18-51-47-13-4-2-11-41(47)31-37-53(49)51/h1-37H. The first-order valence-corrected chi connectivity index (χ1v) is 20.6. The van der Waals surface area contributed by atoms with E-state index in [2.05, 4.69) is 217 Å². The van der Waals surface area contributed by atoms with Crippen LogP contribution in [0.1, 0.15) is 0 Å². The van der Waals surface area contributed by atoms with E-state index in [4.69, 9.17) is 4.42 Å². The van der Waals surface area contributed by atoms with Gasteiger partial charge in [-0.15, -0.1) is 0 Å². The van der Waals surface area contributed by atoms with Crippen LogP contribution in [-0.4, -0.2) is 0 Å². The number of rotatable bonds is 6. The minimum absolute atomic E-state index is 0.870. The fourth-order valence-electron chi connectivity index (χ4n) is 9.39. The molecule has 0 unspecified atom stereocenters. The van der Waals surface area contributed by atoms with Gasteiger partial charge in [0.25, 0.3) is 0 Å². The Labute approximate surface area is 347 Å². The second kappa shape index (κ2) is 13.9. The van der Waals surface area contributed by atoms with Crippen molar-refractivity contribution in [3.63, 3.8) is 0 Å². The lowest BCUT2D eigenvalue weighted by molar-refractivity contribution is 0.669. The molecule has 0 saturated carbocycles. The largest absolute Gasteiger partial charge is 0.456 e. The second-order valence-electron chi connectivity index (χ2n) is 15.6. The molecular formula is C58H37NO. The molecule has 0 spiro atoms. The average Bonchev–Trinajstić information content (AvgIpc) is 3.71. The third-order valence-corrected chi connectivity index (χ3v) is 12.3. The number of furan rings is 1. The SMILES string of the molecule is c1ccc2c(c1)ccc1c(-c3ccc(-c4ccc(N(c5ccc(-c6cccc7c6ccc6ccccc67)cc5)c5cccc6oc7ccccc7c56)cc4)cc3)cccc12. The molecule has 0 aliphatic carbocycles. The lowest BCUT2D eigenvalue weighted by atomic mass is 9.93. The zero-order chi connectivity index (χ0) is 39.6. The summed E-state index contributed by atoms with van der Waals surface area (Å²) in [6.07, 6.45) is 0. The van der Waals surface area contributed by atoms with E-state index in [-0.39, 0.29) is 0 Å². The van der Waals surface area contributed by atoms with Crippen molar-refractivity contribution < 1.29 is 4.42 Å². The zero-order valence-electron chi connectivity index (χ0n) is 32.7. The highest BCUT2D eigenvalue weighted by Gasteiger charge is 2.20. The third-order valence-electron chi connectivity index (χ3n) is 12.3. The Bertz CT molecular complexity index is 3580. The van der Waals surface area contributed by atoms with E-state index < -0.39 is 0 Å². The molecule has 0 amide bonds. The molecule has 0 bridgehead atoms. The number of fused-ring (bicyclic) bond motifs is 9. The van der Waals surface area contributed by atoms with Crippen LogP contribution in [0.3, 0.4) is 0 Å². The molecule has 60 heavy (non-hydrogen) atoms. The van der Waals surface area contributed by atoms with Crippen LogP contribution in [0, 0.1) is 0 Å². The highest BCUT2D eigenvalue weighted by molar-refractivity contribution is 6.15. The van der Waals surface area contributed by atoms with Gasteiger partial charge in [-0.2, -0.15) is 0 Å². The summed E-state index contributed by atoms with van der Waals surface area (Å²) in [5, 5.41) is 12.4. The summed E-state index contributed by atoms with van der Waals surface area (Å²) in [6.45, 7) is 0. The molecule has 11 aromatic carbocycles. The van der Waals surface area contributed by atoms with Crippen molar-refractivity contribution in [3.05, 3.63) is 224 Å². The van der Waals surface area contributed by atoms with Gasteiger partial charge in [0.1, 0.15) is 11.2 Å². The van der Waals surface area contributed by atoms with Crippen molar-refractivity contribution in [2.24, 2.45) is 0 Å². The molecule has 1 aromatic heterocycles. The minimum atomic E-state index is 0.870. The normalized spacial score (nSPS) is 11.7. The molecule has 0 N–H and O–H groups in total. The number of anilines is 3. The summed E-state index contributed by atoms with van der Waals surface area (Å²) < 4.78 is 6.40. The van der Waals surface area contributed by atoms with Crippen molar-refractivity contribution in [2.75, 3.05) is 4.90 Å². The zero-order valence-corrected chi connectivity index (χ0v) is 32.7. The van der Waals surface area contributed by atoms with Crippen LogP contribution in [0.5, 0.6) is 0 Å². The Morgan fingerprint density at radius 1 is 0.267 bits per heavy atom. The Kier molecular flexibility index (Phi) is 7.89. The van der Waals surface area contributed by atoms with Gasteiger partial charge in [-0.05, 0) is 119 Å². The molecule has 0 fully saturated rings. The smallest absolute Gasteiger partial charge is 0.137 e. The van der Waals surface area contributed by atoms with Crippen molar-refractivity contribution in [3.8, 4) is 33.4 Å². The molecule has 2 heteroatoms. The summed E-state index contributed by atoms with van der Waals surface area (Å²) in [7, 11) is 0. The van der Waals surface area contributed by atoms with E-state index in [1.54, 1.807) is 0 Å². The van der Waals surface area contributed by atoms with Crippen LogP contribution in [-0.2, 0) is 0 Å². The highest BCUT2D eigenvalue weighted by Crippen LogP contribution is 2.44.